The number of carbonyl (C=O) groups is 1. The first-order valence-electron chi connectivity index (χ1n) is 10.2. The third kappa shape index (κ3) is 4.50. The lowest BCUT2D eigenvalue weighted by molar-refractivity contribution is -0.122. The van der Waals surface area contributed by atoms with E-state index in [1.165, 1.54) is 36.8 Å². The quantitative estimate of drug-likeness (QED) is 0.826. The normalized spacial score (nSPS) is 20.6. The van der Waals surface area contributed by atoms with Crippen molar-refractivity contribution < 1.29 is 9.53 Å². The number of nitrogens with one attached hydrogen (secondary N) is 1. The number of fused-ring (bicyclic) bond motifs is 1. The van der Waals surface area contributed by atoms with Gasteiger partial charge in [0.15, 0.2) is 0 Å². The second kappa shape index (κ2) is 8.67. The lowest BCUT2D eigenvalue weighted by Gasteiger charge is -2.48. The van der Waals surface area contributed by atoms with E-state index in [4.69, 9.17) is 4.74 Å². The summed E-state index contributed by atoms with van der Waals surface area (Å²) in [5.41, 5.74) is 1.17. The van der Waals surface area contributed by atoms with Crippen LogP contribution in [-0.2, 0) is 16.0 Å². The Morgan fingerprint density at radius 1 is 1.19 bits per heavy atom. The van der Waals surface area contributed by atoms with E-state index in [1.54, 1.807) is 11.3 Å². The van der Waals surface area contributed by atoms with Crippen molar-refractivity contribution in [3.05, 3.63) is 29.3 Å². The Hall–Kier alpha value is -1.50. The van der Waals surface area contributed by atoms with Crippen molar-refractivity contribution in [2.75, 3.05) is 32.8 Å². The third-order valence-electron chi connectivity index (χ3n) is 5.98. The molecule has 1 aliphatic heterocycles. The van der Waals surface area contributed by atoms with Gasteiger partial charge in [-0.3, -0.25) is 9.69 Å². The molecule has 1 N–H and O–H groups in total. The Labute approximate surface area is 165 Å². The molecule has 2 aromatic rings. The molecule has 0 unspecified atom stereocenters. The lowest BCUT2D eigenvalue weighted by Crippen LogP contribution is -2.59. The average molecular weight is 388 g/mol. The summed E-state index contributed by atoms with van der Waals surface area (Å²) in [6.45, 7) is 4.37. The van der Waals surface area contributed by atoms with Crippen LogP contribution in [0.2, 0.25) is 0 Å². The SMILES string of the molecule is O=C(CCc1nc2ccccc2s1)NCC1(N2CCOCC2)CCCCC1. The predicted octanol–water partition coefficient (Wildman–Crippen LogP) is 3.38. The number of amides is 1. The zero-order chi connectivity index (χ0) is 18.5. The van der Waals surface area contributed by atoms with Crippen LogP contribution in [-0.4, -0.2) is 54.2 Å². The van der Waals surface area contributed by atoms with Gasteiger partial charge in [0.1, 0.15) is 0 Å². The van der Waals surface area contributed by atoms with Gasteiger partial charge in [-0.15, -0.1) is 11.3 Å². The molecule has 6 heteroatoms. The van der Waals surface area contributed by atoms with Crippen LogP contribution in [0.5, 0.6) is 0 Å². The second-order valence-corrected chi connectivity index (χ2v) is 8.85. The van der Waals surface area contributed by atoms with E-state index in [0.29, 0.717) is 6.42 Å². The van der Waals surface area contributed by atoms with Gasteiger partial charge in [0, 0.05) is 38.0 Å². The van der Waals surface area contributed by atoms with Gasteiger partial charge in [-0.25, -0.2) is 4.98 Å². The monoisotopic (exact) mass is 387 g/mol. The molecule has 0 radical (unpaired) electrons. The van der Waals surface area contributed by atoms with E-state index in [1.807, 2.05) is 18.2 Å². The number of para-hydroxylation sites is 1. The van der Waals surface area contributed by atoms with Crippen molar-refractivity contribution in [1.29, 1.82) is 0 Å². The minimum Gasteiger partial charge on any atom is -0.379 e. The molecule has 2 fully saturated rings. The number of aromatic nitrogens is 1. The molecule has 1 saturated heterocycles. The summed E-state index contributed by atoms with van der Waals surface area (Å²) < 4.78 is 6.73. The number of nitrogens with zero attached hydrogens (tertiary/aromatic N) is 2. The van der Waals surface area contributed by atoms with Gasteiger partial charge in [0.2, 0.25) is 5.91 Å². The Balaban J connectivity index is 1.32. The third-order valence-corrected chi connectivity index (χ3v) is 7.08. The highest BCUT2D eigenvalue weighted by molar-refractivity contribution is 7.18. The molecule has 5 nitrogen and oxygen atoms in total. The van der Waals surface area contributed by atoms with Crippen molar-refractivity contribution >= 4 is 27.5 Å². The standard InChI is InChI=1S/C21H29N3O2S/c25-19(8-9-20-23-17-6-2-3-7-18(17)27-20)22-16-21(10-4-1-5-11-21)24-12-14-26-15-13-24/h2-3,6-7H,1,4-5,8-16H2,(H,22,25). The first-order chi connectivity index (χ1) is 13.3. The van der Waals surface area contributed by atoms with E-state index in [2.05, 4.69) is 21.3 Å². The summed E-state index contributed by atoms with van der Waals surface area (Å²) in [5.74, 6) is 0.146. The molecule has 27 heavy (non-hydrogen) atoms. The summed E-state index contributed by atoms with van der Waals surface area (Å²) in [6, 6.07) is 8.16. The van der Waals surface area contributed by atoms with Gasteiger partial charge in [-0.2, -0.15) is 0 Å². The maximum absolute atomic E-state index is 12.5. The van der Waals surface area contributed by atoms with E-state index >= 15 is 0 Å². The summed E-state index contributed by atoms with van der Waals surface area (Å²) in [6.07, 6.45) is 7.44. The maximum atomic E-state index is 12.5. The number of carbonyl (C=O) groups excluding carboxylic acids is 1. The number of benzene rings is 1. The number of morpholine rings is 1. The molecule has 2 heterocycles. The van der Waals surface area contributed by atoms with Crippen molar-refractivity contribution in [3.63, 3.8) is 0 Å². The van der Waals surface area contributed by atoms with Crippen LogP contribution in [0.4, 0.5) is 0 Å². The van der Waals surface area contributed by atoms with Gasteiger partial charge in [-0.05, 0) is 25.0 Å². The number of hydrogen-bond donors (Lipinski definition) is 1. The molecule has 1 amide bonds. The number of aryl methyl sites for hydroxylation is 1. The van der Waals surface area contributed by atoms with Gasteiger partial charge in [-0.1, -0.05) is 31.4 Å². The van der Waals surface area contributed by atoms with Gasteiger partial charge >= 0.3 is 0 Å². The topological polar surface area (TPSA) is 54.5 Å². The first kappa shape index (κ1) is 18.8. The minimum absolute atomic E-state index is 0.132. The smallest absolute Gasteiger partial charge is 0.220 e. The average Bonchev–Trinajstić information content (AvgIpc) is 3.15. The minimum atomic E-state index is 0.132. The van der Waals surface area contributed by atoms with Crippen LogP contribution in [0.15, 0.2) is 24.3 Å². The van der Waals surface area contributed by atoms with E-state index in [0.717, 1.165) is 49.8 Å². The fourth-order valence-electron chi connectivity index (χ4n) is 4.45. The predicted molar refractivity (Wildman–Crippen MR) is 109 cm³/mol. The largest absolute Gasteiger partial charge is 0.379 e. The zero-order valence-electron chi connectivity index (χ0n) is 15.9. The fraction of sp³-hybridized carbons (Fsp3) is 0.619. The van der Waals surface area contributed by atoms with E-state index < -0.39 is 0 Å². The number of ether oxygens (including phenoxy) is 1. The van der Waals surface area contributed by atoms with Crippen LogP contribution in [0, 0.1) is 0 Å². The zero-order valence-corrected chi connectivity index (χ0v) is 16.7. The van der Waals surface area contributed by atoms with Gasteiger partial charge < -0.3 is 10.1 Å². The molecule has 0 atom stereocenters. The number of thiazole rings is 1. The molecule has 0 spiro atoms. The Morgan fingerprint density at radius 2 is 1.96 bits per heavy atom. The molecule has 4 rings (SSSR count). The summed E-state index contributed by atoms with van der Waals surface area (Å²) in [7, 11) is 0. The molecule has 1 saturated carbocycles. The highest BCUT2D eigenvalue weighted by atomic mass is 32.1. The molecule has 1 aromatic carbocycles. The molecular formula is C21H29N3O2S. The van der Waals surface area contributed by atoms with E-state index in [9.17, 15) is 4.79 Å². The van der Waals surface area contributed by atoms with Crippen LogP contribution < -0.4 is 5.32 Å². The first-order valence-corrected chi connectivity index (χ1v) is 11.0. The number of rotatable bonds is 6. The second-order valence-electron chi connectivity index (χ2n) is 7.74. The van der Waals surface area contributed by atoms with E-state index in [-0.39, 0.29) is 11.4 Å². The Morgan fingerprint density at radius 3 is 2.74 bits per heavy atom. The summed E-state index contributed by atoms with van der Waals surface area (Å²) in [4.78, 5) is 19.7. The van der Waals surface area contributed by atoms with Crippen LogP contribution in [0.25, 0.3) is 10.2 Å². The fourth-order valence-corrected chi connectivity index (χ4v) is 5.42. The molecule has 1 aromatic heterocycles. The number of hydrogen-bond acceptors (Lipinski definition) is 5. The molecular weight excluding hydrogens is 358 g/mol. The Bertz CT molecular complexity index is 731. The molecule has 1 aliphatic carbocycles. The van der Waals surface area contributed by atoms with Crippen LogP contribution in [0.1, 0.15) is 43.5 Å². The van der Waals surface area contributed by atoms with Crippen molar-refractivity contribution in [2.24, 2.45) is 0 Å². The van der Waals surface area contributed by atoms with Crippen molar-refractivity contribution in [3.8, 4) is 0 Å². The summed E-state index contributed by atoms with van der Waals surface area (Å²) >= 11 is 1.69. The highest BCUT2D eigenvalue weighted by Crippen LogP contribution is 2.34. The molecule has 146 valence electrons. The van der Waals surface area contributed by atoms with Crippen molar-refractivity contribution in [2.45, 2.75) is 50.5 Å². The molecule has 2 aliphatic rings. The molecule has 0 bridgehead atoms. The van der Waals surface area contributed by atoms with Crippen LogP contribution in [0.3, 0.4) is 0 Å². The highest BCUT2D eigenvalue weighted by Gasteiger charge is 2.38. The van der Waals surface area contributed by atoms with Crippen molar-refractivity contribution in [1.82, 2.24) is 15.2 Å². The van der Waals surface area contributed by atoms with Gasteiger partial charge in [0.25, 0.3) is 0 Å². The maximum Gasteiger partial charge on any atom is 0.220 e. The van der Waals surface area contributed by atoms with Crippen LogP contribution >= 0.6 is 11.3 Å². The Kier molecular flexibility index (Phi) is 6.05. The van der Waals surface area contributed by atoms with Gasteiger partial charge in [0.05, 0.1) is 28.4 Å². The lowest BCUT2D eigenvalue weighted by atomic mass is 9.79. The summed E-state index contributed by atoms with van der Waals surface area (Å²) in [5, 5.41) is 4.30.